The molecule has 1 unspecified atom stereocenters. The molecule has 1 amide bonds. The molecular formula is C13H15NO2. The van der Waals surface area contributed by atoms with E-state index in [1.54, 1.807) is 13.8 Å². The number of benzene rings is 1. The highest BCUT2D eigenvalue weighted by molar-refractivity contribution is 6.05. The van der Waals surface area contributed by atoms with Crippen molar-refractivity contribution in [3.63, 3.8) is 0 Å². The molecule has 0 spiro atoms. The van der Waals surface area contributed by atoms with Gasteiger partial charge in [-0.15, -0.1) is 0 Å². The van der Waals surface area contributed by atoms with Crippen LogP contribution < -0.4 is 5.73 Å². The van der Waals surface area contributed by atoms with Gasteiger partial charge in [0.25, 0.3) is 0 Å². The summed E-state index contributed by atoms with van der Waals surface area (Å²) >= 11 is 0. The van der Waals surface area contributed by atoms with Crippen LogP contribution in [-0.4, -0.2) is 11.7 Å². The lowest BCUT2D eigenvalue weighted by Gasteiger charge is -2.26. The van der Waals surface area contributed by atoms with Crippen LogP contribution >= 0.6 is 0 Å². The predicted molar refractivity (Wildman–Crippen MR) is 60.9 cm³/mol. The molecule has 0 saturated heterocycles. The van der Waals surface area contributed by atoms with Crippen LogP contribution in [0.2, 0.25) is 0 Å². The van der Waals surface area contributed by atoms with Crippen molar-refractivity contribution in [2.45, 2.75) is 20.3 Å². The quantitative estimate of drug-likeness (QED) is 0.817. The zero-order valence-electron chi connectivity index (χ0n) is 9.49. The van der Waals surface area contributed by atoms with Crippen LogP contribution in [0.5, 0.6) is 0 Å². The van der Waals surface area contributed by atoms with Crippen LogP contribution in [0.25, 0.3) is 0 Å². The summed E-state index contributed by atoms with van der Waals surface area (Å²) in [5, 5.41) is 0. The number of carbonyl (C=O) groups excluding carboxylic acids is 2. The molecule has 84 valence electrons. The van der Waals surface area contributed by atoms with Crippen molar-refractivity contribution in [2.75, 3.05) is 0 Å². The van der Waals surface area contributed by atoms with Crippen LogP contribution in [0.4, 0.5) is 0 Å². The Kier molecular flexibility index (Phi) is 2.34. The normalized spacial score (nSPS) is 19.6. The maximum absolute atomic E-state index is 12.1. The van der Waals surface area contributed by atoms with Gasteiger partial charge in [0.05, 0.1) is 5.41 Å². The maximum atomic E-state index is 12.1. The van der Waals surface area contributed by atoms with E-state index in [0.717, 1.165) is 11.1 Å². The second kappa shape index (κ2) is 3.44. The predicted octanol–water partition coefficient (Wildman–Crippen LogP) is 1.55. The zero-order valence-corrected chi connectivity index (χ0v) is 9.49. The highest BCUT2D eigenvalue weighted by Gasteiger charge is 2.44. The van der Waals surface area contributed by atoms with Crippen molar-refractivity contribution in [3.8, 4) is 0 Å². The number of hydrogen-bond acceptors (Lipinski definition) is 2. The fourth-order valence-corrected chi connectivity index (χ4v) is 2.19. The average Bonchev–Trinajstić information content (AvgIpc) is 2.57. The lowest BCUT2D eigenvalue weighted by molar-refractivity contribution is -0.127. The maximum Gasteiger partial charge on any atom is 0.223 e. The number of primary amides is 1. The first-order valence-corrected chi connectivity index (χ1v) is 5.36. The smallest absolute Gasteiger partial charge is 0.223 e. The van der Waals surface area contributed by atoms with Crippen molar-refractivity contribution in [1.82, 2.24) is 0 Å². The number of rotatable bonds is 2. The SMILES string of the molecule is CC(C)(C(N)=O)C1Cc2ccccc2C1=O. The topological polar surface area (TPSA) is 60.2 Å². The molecule has 0 aliphatic heterocycles. The molecule has 16 heavy (non-hydrogen) atoms. The highest BCUT2D eigenvalue weighted by atomic mass is 16.1. The van der Waals surface area contributed by atoms with Crippen LogP contribution in [0, 0.1) is 11.3 Å². The van der Waals surface area contributed by atoms with Gasteiger partial charge in [-0.25, -0.2) is 0 Å². The van der Waals surface area contributed by atoms with Crippen molar-refractivity contribution >= 4 is 11.7 Å². The van der Waals surface area contributed by atoms with Gasteiger partial charge in [-0.1, -0.05) is 38.1 Å². The second-order valence-corrected chi connectivity index (χ2v) is 4.86. The molecule has 3 nitrogen and oxygen atoms in total. The van der Waals surface area contributed by atoms with E-state index in [2.05, 4.69) is 0 Å². The Hall–Kier alpha value is -1.64. The van der Waals surface area contributed by atoms with E-state index in [4.69, 9.17) is 5.73 Å². The van der Waals surface area contributed by atoms with Gasteiger partial charge < -0.3 is 5.73 Å². The van der Waals surface area contributed by atoms with E-state index < -0.39 is 11.3 Å². The summed E-state index contributed by atoms with van der Waals surface area (Å²) in [6.45, 7) is 3.48. The lowest BCUT2D eigenvalue weighted by Crippen LogP contribution is -2.40. The van der Waals surface area contributed by atoms with Crippen LogP contribution in [0.3, 0.4) is 0 Å². The molecule has 3 heteroatoms. The number of ketones is 1. The molecule has 0 heterocycles. The Morgan fingerprint density at radius 2 is 2.00 bits per heavy atom. The molecular weight excluding hydrogens is 202 g/mol. The molecule has 0 aromatic heterocycles. The molecule has 1 aliphatic rings. The summed E-state index contributed by atoms with van der Waals surface area (Å²) in [4.78, 5) is 23.5. The summed E-state index contributed by atoms with van der Waals surface area (Å²) in [7, 11) is 0. The molecule has 1 aromatic rings. The Morgan fingerprint density at radius 1 is 1.38 bits per heavy atom. The number of amides is 1. The molecule has 0 fully saturated rings. The molecule has 2 rings (SSSR count). The summed E-state index contributed by atoms with van der Waals surface area (Å²) in [6, 6.07) is 7.50. The molecule has 0 bridgehead atoms. The monoisotopic (exact) mass is 217 g/mol. The number of carbonyl (C=O) groups is 2. The lowest BCUT2D eigenvalue weighted by atomic mass is 9.76. The summed E-state index contributed by atoms with van der Waals surface area (Å²) in [6.07, 6.45) is 0.616. The molecule has 1 aliphatic carbocycles. The van der Waals surface area contributed by atoms with Gasteiger partial charge in [0.2, 0.25) is 5.91 Å². The van der Waals surface area contributed by atoms with Crippen molar-refractivity contribution in [1.29, 1.82) is 0 Å². The van der Waals surface area contributed by atoms with Crippen LogP contribution in [-0.2, 0) is 11.2 Å². The van der Waals surface area contributed by atoms with Crippen molar-refractivity contribution in [2.24, 2.45) is 17.1 Å². The summed E-state index contributed by atoms with van der Waals surface area (Å²) in [5.74, 6) is -0.694. The Labute approximate surface area is 94.6 Å². The Morgan fingerprint density at radius 3 is 2.56 bits per heavy atom. The minimum absolute atomic E-state index is 0.0411. The number of fused-ring (bicyclic) bond motifs is 1. The van der Waals surface area contributed by atoms with Crippen molar-refractivity contribution in [3.05, 3.63) is 35.4 Å². The second-order valence-electron chi connectivity index (χ2n) is 4.86. The van der Waals surface area contributed by atoms with E-state index in [1.807, 2.05) is 24.3 Å². The van der Waals surface area contributed by atoms with Crippen LogP contribution in [0.1, 0.15) is 29.8 Å². The standard InChI is InChI=1S/C13H15NO2/c1-13(2,12(14)16)10-7-8-5-3-4-6-9(8)11(10)15/h3-6,10H,7H2,1-2H3,(H2,14,16). The van der Waals surface area contributed by atoms with Gasteiger partial charge in [-0.2, -0.15) is 0 Å². The number of hydrogen-bond donors (Lipinski definition) is 1. The minimum Gasteiger partial charge on any atom is -0.369 e. The largest absolute Gasteiger partial charge is 0.369 e. The van der Waals surface area contributed by atoms with E-state index in [1.165, 1.54) is 0 Å². The van der Waals surface area contributed by atoms with Gasteiger partial charge in [-0.05, 0) is 12.0 Å². The van der Waals surface area contributed by atoms with Gasteiger partial charge in [0, 0.05) is 11.5 Å². The fourth-order valence-electron chi connectivity index (χ4n) is 2.19. The molecule has 1 atom stereocenters. The van der Waals surface area contributed by atoms with E-state index in [0.29, 0.717) is 6.42 Å². The molecule has 0 radical (unpaired) electrons. The van der Waals surface area contributed by atoms with Gasteiger partial charge in [0.1, 0.15) is 0 Å². The molecule has 1 aromatic carbocycles. The van der Waals surface area contributed by atoms with Crippen molar-refractivity contribution < 1.29 is 9.59 Å². The minimum atomic E-state index is -0.782. The zero-order chi connectivity index (χ0) is 11.9. The van der Waals surface area contributed by atoms with E-state index >= 15 is 0 Å². The van der Waals surface area contributed by atoms with Gasteiger partial charge in [-0.3, -0.25) is 9.59 Å². The third-order valence-electron chi connectivity index (χ3n) is 3.53. The average molecular weight is 217 g/mol. The number of Topliss-reactive ketones (excluding diaryl/α,β-unsaturated/α-hetero) is 1. The first-order chi connectivity index (χ1) is 7.44. The van der Waals surface area contributed by atoms with E-state index in [9.17, 15) is 9.59 Å². The fraction of sp³-hybridized carbons (Fsp3) is 0.385. The van der Waals surface area contributed by atoms with Crippen LogP contribution in [0.15, 0.2) is 24.3 Å². The number of nitrogens with two attached hydrogens (primary N) is 1. The molecule has 0 saturated carbocycles. The Balaban J connectivity index is 2.39. The summed E-state index contributed by atoms with van der Waals surface area (Å²) in [5.41, 5.74) is 6.33. The first-order valence-electron chi connectivity index (χ1n) is 5.36. The first kappa shape index (κ1) is 10.9. The third-order valence-corrected chi connectivity index (χ3v) is 3.53. The summed E-state index contributed by atoms with van der Waals surface area (Å²) < 4.78 is 0. The molecule has 2 N–H and O–H groups in total. The Bertz CT molecular complexity index is 463. The van der Waals surface area contributed by atoms with Gasteiger partial charge >= 0.3 is 0 Å². The van der Waals surface area contributed by atoms with Gasteiger partial charge in [0.15, 0.2) is 5.78 Å². The van der Waals surface area contributed by atoms with E-state index in [-0.39, 0.29) is 11.7 Å². The third kappa shape index (κ3) is 1.43. The highest BCUT2D eigenvalue weighted by Crippen LogP contribution is 2.38.